The minimum absolute atomic E-state index is 0.00506. The Hall–Kier alpha value is -1.77. The van der Waals surface area contributed by atoms with Crippen molar-refractivity contribution < 1.29 is 19.4 Å². The van der Waals surface area contributed by atoms with Crippen molar-refractivity contribution in [3.8, 4) is 0 Å². The lowest BCUT2D eigenvalue weighted by Crippen LogP contribution is -2.47. The second-order valence-electron chi connectivity index (χ2n) is 7.28. The molecule has 0 aromatic heterocycles. The maximum atomic E-state index is 12.2. The molecule has 166 valence electrons. The SMILES string of the molecule is O=C(O)Cc1ccc(SCC(=O)NCC2CN(Cc3ccc(Cl)c(Cl)c3)CCO2)cc1. The Morgan fingerprint density at radius 1 is 1.13 bits per heavy atom. The van der Waals surface area contributed by atoms with Crippen molar-refractivity contribution in [1.29, 1.82) is 0 Å². The van der Waals surface area contributed by atoms with Crippen molar-refractivity contribution in [1.82, 2.24) is 10.2 Å². The summed E-state index contributed by atoms with van der Waals surface area (Å²) in [5.41, 5.74) is 1.83. The molecule has 1 aliphatic rings. The lowest BCUT2D eigenvalue weighted by atomic mass is 10.2. The number of rotatable bonds is 9. The van der Waals surface area contributed by atoms with Gasteiger partial charge in [0.15, 0.2) is 0 Å². The third-order valence-electron chi connectivity index (χ3n) is 4.79. The number of carboxylic acid groups (broad SMARTS) is 1. The third kappa shape index (κ3) is 8.01. The number of benzene rings is 2. The van der Waals surface area contributed by atoms with Gasteiger partial charge in [0, 0.05) is 31.1 Å². The number of nitrogens with zero attached hydrogens (tertiary/aromatic N) is 1. The maximum absolute atomic E-state index is 12.2. The summed E-state index contributed by atoms with van der Waals surface area (Å²) < 4.78 is 5.79. The van der Waals surface area contributed by atoms with E-state index in [1.807, 2.05) is 24.3 Å². The lowest BCUT2D eigenvalue weighted by Gasteiger charge is -2.33. The molecule has 31 heavy (non-hydrogen) atoms. The number of carboxylic acids is 1. The van der Waals surface area contributed by atoms with Gasteiger partial charge in [-0.25, -0.2) is 0 Å². The van der Waals surface area contributed by atoms with Gasteiger partial charge in [-0.05, 0) is 35.4 Å². The number of hydrogen-bond donors (Lipinski definition) is 2. The van der Waals surface area contributed by atoms with Gasteiger partial charge < -0.3 is 15.2 Å². The first-order chi connectivity index (χ1) is 14.9. The van der Waals surface area contributed by atoms with Crippen molar-refractivity contribution in [2.75, 3.05) is 32.0 Å². The fraction of sp³-hybridized carbons (Fsp3) is 0.364. The van der Waals surface area contributed by atoms with Gasteiger partial charge in [0.1, 0.15) is 0 Å². The van der Waals surface area contributed by atoms with Crippen molar-refractivity contribution in [3.63, 3.8) is 0 Å². The number of morpholine rings is 1. The van der Waals surface area contributed by atoms with Gasteiger partial charge in [-0.15, -0.1) is 11.8 Å². The number of nitrogens with one attached hydrogen (secondary N) is 1. The zero-order valence-corrected chi connectivity index (χ0v) is 19.2. The van der Waals surface area contributed by atoms with E-state index < -0.39 is 5.97 Å². The Kier molecular flexibility index (Phi) is 9.04. The molecule has 1 fully saturated rings. The monoisotopic (exact) mass is 482 g/mol. The summed E-state index contributed by atoms with van der Waals surface area (Å²) in [5, 5.41) is 12.8. The van der Waals surface area contributed by atoms with E-state index >= 15 is 0 Å². The third-order valence-corrected chi connectivity index (χ3v) is 6.54. The Morgan fingerprint density at radius 2 is 1.87 bits per heavy atom. The largest absolute Gasteiger partial charge is 0.481 e. The Morgan fingerprint density at radius 3 is 2.58 bits per heavy atom. The van der Waals surface area contributed by atoms with Crippen molar-refractivity contribution in [2.45, 2.75) is 24.0 Å². The Balaban J connectivity index is 1.39. The average Bonchev–Trinajstić information content (AvgIpc) is 2.74. The second kappa shape index (κ2) is 11.7. The normalized spacial score (nSPS) is 16.8. The summed E-state index contributed by atoms with van der Waals surface area (Å²) in [6.45, 7) is 3.35. The molecule has 1 aliphatic heterocycles. The summed E-state index contributed by atoms with van der Waals surface area (Å²) in [6, 6.07) is 12.9. The van der Waals surface area contributed by atoms with E-state index in [0.717, 1.165) is 35.7 Å². The number of ether oxygens (including phenoxy) is 1. The summed E-state index contributed by atoms with van der Waals surface area (Å²) >= 11 is 13.5. The van der Waals surface area contributed by atoms with Gasteiger partial charge in [0.05, 0.1) is 34.9 Å². The maximum Gasteiger partial charge on any atom is 0.307 e. The van der Waals surface area contributed by atoms with Crippen LogP contribution in [0, 0.1) is 0 Å². The molecule has 1 unspecified atom stereocenters. The van der Waals surface area contributed by atoms with Crippen LogP contribution < -0.4 is 5.32 Å². The lowest BCUT2D eigenvalue weighted by molar-refractivity contribution is -0.136. The summed E-state index contributed by atoms with van der Waals surface area (Å²) in [4.78, 5) is 26.1. The highest BCUT2D eigenvalue weighted by Gasteiger charge is 2.21. The van der Waals surface area contributed by atoms with Crippen molar-refractivity contribution in [2.24, 2.45) is 0 Å². The van der Waals surface area contributed by atoms with Crippen LogP contribution in [-0.2, 0) is 27.3 Å². The zero-order valence-electron chi connectivity index (χ0n) is 16.9. The average molecular weight is 483 g/mol. The van der Waals surface area contributed by atoms with Crippen LogP contribution in [0.5, 0.6) is 0 Å². The molecule has 0 aliphatic carbocycles. The highest BCUT2D eigenvalue weighted by molar-refractivity contribution is 8.00. The minimum Gasteiger partial charge on any atom is -0.481 e. The molecule has 2 aromatic carbocycles. The zero-order chi connectivity index (χ0) is 22.2. The molecule has 3 rings (SSSR count). The van der Waals surface area contributed by atoms with Gasteiger partial charge in [-0.3, -0.25) is 14.5 Å². The first-order valence-electron chi connectivity index (χ1n) is 9.87. The topological polar surface area (TPSA) is 78.9 Å². The van der Waals surface area contributed by atoms with E-state index in [-0.39, 0.29) is 24.2 Å². The van der Waals surface area contributed by atoms with Crippen LogP contribution >= 0.6 is 35.0 Å². The Bertz CT molecular complexity index is 911. The van der Waals surface area contributed by atoms with Crippen LogP contribution in [0.3, 0.4) is 0 Å². The molecule has 2 aromatic rings. The number of hydrogen-bond acceptors (Lipinski definition) is 5. The molecule has 0 bridgehead atoms. The molecule has 1 saturated heterocycles. The predicted octanol–water partition coefficient (Wildman–Crippen LogP) is 3.73. The molecule has 0 saturated carbocycles. The standard InChI is InChI=1S/C22H24Cl2N2O4S/c23-19-6-3-16(9-20(19)24)12-26-7-8-30-17(13-26)11-25-21(27)14-31-18-4-1-15(2-5-18)10-22(28)29/h1-6,9,17H,7-8,10-14H2,(H,25,27)(H,28,29). The summed E-state index contributed by atoms with van der Waals surface area (Å²) in [7, 11) is 0. The molecule has 9 heteroatoms. The number of amides is 1. The van der Waals surface area contributed by atoms with Crippen LogP contribution in [0.1, 0.15) is 11.1 Å². The molecule has 1 amide bonds. The van der Waals surface area contributed by atoms with E-state index in [9.17, 15) is 9.59 Å². The van der Waals surface area contributed by atoms with E-state index in [2.05, 4.69) is 10.2 Å². The molecule has 0 spiro atoms. The second-order valence-corrected chi connectivity index (χ2v) is 9.15. The fourth-order valence-corrected chi connectivity index (χ4v) is 4.30. The smallest absolute Gasteiger partial charge is 0.307 e. The van der Waals surface area contributed by atoms with Crippen LogP contribution in [-0.4, -0.2) is 60.0 Å². The quantitative estimate of drug-likeness (QED) is 0.530. The highest BCUT2D eigenvalue weighted by Crippen LogP contribution is 2.23. The minimum atomic E-state index is -0.861. The molecule has 1 atom stereocenters. The first kappa shape index (κ1) is 23.9. The van der Waals surface area contributed by atoms with Gasteiger partial charge in [-0.1, -0.05) is 41.4 Å². The number of thioether (sulfide) groups is 1. The molecule has 1 heterocycles. The number of carbonyl (C=O) groups excluding carboxylic acids is 1. The number of carbonyl (C=O) groups is 2. The van der Waals surface area contributed by atoms with Crippen LogP contribution in [0.15, 0.2) is 47.4 Å². The highest BCUT2D eigenvalue weighted by atomic mass is 35.5. The van der Waals surface area contributed by atoms with Crippen molar-refractivity contribution in [3.05, 3.63) is 63.6 Å². The van der Waals surface area contributed by atoms with Crippen LogP contribution in [0.4, 0.5) is 0 Å². The van der Waals surface area contributed by atoms with Gasteiger partial charge in [0.25, 0.3) is 0 Å². The number of halogens is 2. The Labute approximate surface area is 195 Å². The van der Waals surface area contributed by atoms with Gasteiger partial charge >= 0.3 is 5.97 Å². The van der Waals surface area contributed by atoms with E-state index in [4.69, 9.17) is 33.0 Å². The molecular weight excluding hydrogens is 459 g/mol. The molecule has 2 N–H and O–H groups in total. The molecule has 0 radical (unpaired) electrons. The number of aliphatic carboxylic acids is 1. The summed E-state index contributed by atoms with van der Waals surface area (Å²) in [6.07, 6.45) is -0.0738. The van der Waals surface area contributed by atoms with Gasteiger partial charge in [0.2, 0.25) is 5.91 Å². The van der Waals surface area contributed by atoms with Crippen LogP contribution in [0.2, 0.25) is 10.0 Å². The van der Waals surface area contributed by atoms with E-state index in [1.54, 1.807) is 18.2 Å². The van der Waals surface area contributed by atoms with Crippen LogP contribution in [0.25, 0.3) is 0 Å². The molecule has 6 nitrogen and oxygen atoms in total. The molecular formula is C22H24Cl2N2O4S. The van der Waals surface area contributed by atoms with E-state index in [0.29, 0.717) is 23.2 Å². The predicted molar refractivity (Wildman–Crippen MR) is 123 cm³/mol. The van der Waals surface area contributed by atoms with Crippen molar-refractivity contribution >= 4 is 46.8 Å². The summed E-state index contributed by atoms with van der Waals surface area (Å²) in [5.74, 6) is -0.636. The fourth-order valence-electron chi connectivity index (χ4n) is 3.25. The first-order valence-corrected chi connectivity index (χ1v) is 11.6. The van der Waals surface area contributed by atoms with Gasteiger partial charge in [-0.2, -0.15) is 0 Å². The van der Waals surface area contributed by atoms with E-state index in [1.165, 1.54) is 11.8 Å².